The fourth-order valence-corrected chi connectivity index (χ4v) is 4.22. The molecular formula is C27H29NO2. The minimum atomic E-state index is -0.326. The standard InChI is InChI=1S/C27H29NO2/c1-19-13-16-25-23(17-19)24(18-27(2,3)30-25)28-26(29)22-12-8-7-11-21(22)15-14-20-9-5-4-6-10-20/h4-13,16-17,24H,14-15,18H2,1-3H3,(H,28,29)/t24-/m1/s1. The Morgan fingerprint density at radius 2 is 1.73 bits per heavy atom. The molecular weight excluding hydrogens is 370 g/mol. The van der Waals surface area contributed by atoms with E-state index in [0.717, 1.165) is 41.7 Å². The third kappa shape index (κ3) is 4.56. The Bertz CT molecular complexity index is 1040. The van der Waals surface area contributed by atoms with Crippen LogP contribution in [0.2, 0.25) is 0 Å². The summed E-state index contributed by atoms with van der Waals surface area (Å²) in [6, 6.07) is 24.5. The first-order chi connectivity index (χ1) is 14.4. The second kappa shape index (κ2) is 8.35. The maximum absolute atomic E-state index is 13.3. The van der Waals surface area contributed by atoms with Crippen LogP contribution >= 0.6 is 0 Å². The van der Waals surface area contributed by atoms with Gasteiger partial charge in [0.05, 0.1) is 6.04 Å². The lowest BCUT2D eigenvalue weighted by Crippen LogP contribution is -2.41. The number of benzene rings is 3. The van der Waals surface area contributed by atoms with Gasteiger partial charge in [0.25, 0.3) is 5.91 Å². The minimum Gasteiger partial charge on any atom is -0.487 e. The third-order valence-electron chi connectivity index (χ3n) is 5.72. The zero-order valence-electron chi connectivity index (χ0n) is 17.9. The van der Waals surface area contributed by atoms with Gasteiger partial charge in [0.2, 0.25) is 0 Å². The smallest absolute Gasteiger partial charge is 0.252 e. The molecule has 154 valence electrons. The maximum Gasteiger partial charge on any atom is 0.252 e. The molecule has 1 atom stereocenters. The Morgan fingerprint density at radius 3 is 2.53 bits per heavy atom. The van der Waals surface area contributed by atoms with Gasteiger partial charge in [-0.2, -0.15) is 0 Å². The summed E-state index contributed by atoms with van der Waals surface area (Å²) in [5.74, 6) is 0.841. The summed E-state index contributed by atoms with van der Waals surface area (Å²) in [6.07, 6.45) is 2.49. The van der Waals surface area contributed by atoms with E-state index in [1.165, 1.54) is 11.1 Å². The number of ether oxygens (including phenoxy) is 1. The van der Waals surface area contributed by atoms with Gasteiger partial charge < -0.3 is 10.1 Å². The number of aryl methyl sites for hydroxylation is 3. The van der Waals surface area contributed by atoms with Crippen molar-refractivity contribution in [2.45, 2.75) is 51.7 Å². The summed E-state index contributed by atoms with van der Waals surface area (Å²) >= 11 is 0. The van der Waals surface area contributed by atoms with Crippen molar-refractivity contribution >= 4 is 5.91 Å². The van der Waals surface area contributed by atoms with Crippen LogP contribution in [0.15, 0.2) is 72.8 Å². The number of nitrogens with one attached hydrogen (secondary N) is 1. The molecule has 0 saturated carbocycles. The molecule has 1 N–H and O–H groups in total. The van der Waals surface area contributed by atoms with E-state index in [1.54, 1.807) is 0 Å². The Hall–Kier alpha value is -3.07. The van der Waals surface area contributed by atoms with E-state index in [1.807, 2.05) is 30.3 Å². The van der Waals surface area contributed by atoms with Crippen molar-refractivity contribution in [2.75, 3.05) is 0 Å². The Kier molecular flexibility index (Phi) is 5.63. The molecule has 3 heteroatoms. The van der Waals surface area contributed by atoms with Gasteiger partial charge in [-0.25, -0.2) is 0 Å². The highest BCUT2D eigenvalue weighted by Gasteiger charge is 2.34. The van der Waals surface area contributed by atoms with Crippen LogP contribution in [0.25, 0.3) is 0 Å². The van der Waals surface area contributed by atoms with Crippen LogP contribution in [0.5, 0.6) is 5.75 Å². The SMILES string of the molecule is Cc1ccc2c(c1)[C@H](NC(=O)c1ccccc1CCc1ccccc1)CC(C)(C)O2. The van der Waals surface area contributed by atoms with Gasteiger partial charge in [0.15, 0.2) is 0 Å². The number of fused-ring (bicyclic) bond motifs is 1. The molecule has 1 heterocycles. The first kappa shape index (κ1) is 20.2. The lowest BCUT2D eigenvalue weighted by Gasteiger charge is -2.38. The van der Waals surface area contributed by atoms with Crippen LogP contribution in [0.4, 0.5) is 0 Å². The molecule has 0 bridgehead atoms. The molecule has 0 saturated heterocycles. The first-order valence-electron chi connectivity index (χ1n) is 10.6. The normalized spacial score (nSPS) is 17.0. The van der Waals surface area contributed by atoms with Crippen molar-refractivity contribution in [3.05, 3.63) is 101 Å². The molecule has 0 fully saturated rings. The highest BCUT2D eigenvalue weighted by atomic mass is 16.5. The predicted molar refractivity (Wildman–Crippen MR) is 121 cm³/mol. The summed E-state index contributed by atoms with van der Waals surface area (Å²) in [5.41, 5.74) is 5.02. The minimum absolute atomic E-state index is 0.0196. The Labute approximate surface area is 179 Å². The van der Waals surface area contributed by atoms with Crippen molar-refractivity contribution in [2.24, 2.45) is 0 Å². The summed E-state index contributed by atoms with van der Waals surface area (Å²) in [7, 11) is 0. The number of rotatable bonds is 5. The fraction of sp³-hybridized carbons (Fsp3) is 0.296. The van der Waals surface area contributed by atoms with E-state index in [0.29, 0.717) is 0 Å². The van der Waals surface area contributed by atoms with Crippen LogP contribution in [-0.2, 0) is 12.8 Å². The molecule has 30 heavy (non-hydrogen) atoms. The van der Waals surface area contributed by atoms with Gasteiger partial charge in [-0.05, 0) is 56.9 Å². The quantitative estimate of drug-likeness (QED) is 0.588. The maximum atomic E-state index is 13.3. The van der Waals surface area contributed by atoms with Gasteiger partial charge in [-0.1, -0.05) is 66.2 Å². The molecule has 0 radical (unpaired) electrons. The summed E-state index contributed by atoms with van der Waals surface area (Å²) in [5, 5.41) is 3.29. The number of carbonyl (C=O) groups is 1. The van der Waals surface area contributed by atoms with E-state index in [4.69, 9.17) is 4.74 Å². The van der Waals surface area contributed by atoms with E-state index in [-0.39, 0.29) is 17.6 Å². The molecule has 1 amide bonds. The van der Waals surface area contributed by atoms with Crippen LogP contribution in [0, 0.1) is 6.92 Å². The Morgan fingerprint density at radius 1 is 1.00 bits per heavy atom. The molecule has 0 aliphatic carbocycles. The number of hydrogen-bond donors (Lipinski definition) is 1. The van der Waals surface area contributed by atoms with Crippen LogP contribution in [0.3, 0.4) is 0 Å². The van der Waals surface area contributed by atoms with Gasteiger partial charge >= 0.3 is 0 Å². The van der Waals surface area contributed by atoms with Crippen LogP contribution in [-0.4, -0.2) is 11.5 Å². The monoisotopic (exact) mass is 399 g/mol. The average Bonchev–Trinajstić information content (AvgIpc) is 2.73. The fourth-order valence-electron chi connectivity index (χ4n) is 4.22. The molecule has 3 nitrogen and oxygen atoms in total. The van der Waals surface area contributed by atoms with Crippen molar-refractivity contribution in [1.29, 1.82) is 0 Å². The topological polar surface area (TPSA) is 38.3 Å². The molecule has 0 spiro atoms. The third-order valence-corrected chi connectivity index (χ3v) is 5.72. The molecule has 3 aromatic rings. The van der Waals surface area contributed by atoms with Gasteiger partial charge in [-0.15, -0.1) is 0 Å². The number of hydrogen-bond acceptors (Lipinski definition) is 2. The lowest BCUT2D eigenvalue weighted by atomic mass is 9.88. The van der Waals surface area contributed by atoms with E-state index >= 15 is 0 Å². The van der Waals surface area contributed by atoms with Crippen LogP contribution < -0.4 is 10.1 Å². The van der Waals surface area contributed by atoms with Crippen LogP contribution in [0.1, 0.15) is 58.9 Å². The molecule has 1 aliphatic rings. The second-order valence-electron chi connectivity index (χ2n) is 8.78. The largest absolute Gasteiger partial charge is 0.487 e. The average molecular weight is 400 g/mol. The van der Waals surface area contributed by atoms with Crippen molar-refractivity contribution in [3.8, 4) is 5.75 Å². The summed E-state index contributed by atoms with van der Waals surface area (Å²) in [6.45, 7) is 6.21. The van der Waals surface area contributed by atoms with Gasteiger partial charge in [-0.3, -0.25) is 4.79 Å². The highest BCUT2D eigenvalue weighted by molar-refractivity contribution is 5.96. The van der Waals surface area contributed by atoms with Crippen molar-refractivity contribution in [3.63, 3.8) is 0 Å². The molecule has 0 unspecified atom stereocenters. The van der Waals surface area contributed by atoms with Crippen molar-refractivity contribution in [1.82, 2.24) is 5.32 Å². The molecule has 0 aromatic heterocycles. The number of carbonyl (C=O) groups excluding carboxylic acids is 1. The van der Waals surface area contributed by atoms with E-state index in [9.17, 15) is 4.79 Å². The van der Waals surface area contributed by atoms with Gasteiger partial charge in [0.1, 0.15) is 11.4 Å². The van der Waals surface area contributed by atoms with Gasteiger partial charge in [0, 0.05) is 17.5 Å². The summed E-state index contributed by atoms with van der Waals surface area (Å²) in [4.78, 5) is 13.3. The van der Waals surface area contributed by atoms with Crippen molar-refractivity contribution < 1.29 is 9.53 Å². The van der Waals surface area contributed by atoms with E-state index < -0.39 is 0 Å². The molecule has 3 aromatic carbocycles. The second-order valence-corrected chi connectivity index (χ2v) is 8.78. The summed E-state index contributed by atoms with van der Waals surface area (Å²) < 4.78 is 6.15. The Balaban J connectivity index is 1.55. The zero-order chi connectivity index (χ0) is 21.1. The number of amides is 1. The van der Waals surface area contributed by atoms with E-state index in [2.05, 4.69) is 68.6 Å². The zero-order valence-corrected chi connectivity index (χ0v) is 17.9. The lowest BCUT2D eigenvalue weighted by molar-refractivity contribution is 0.0619. The first-order valence-corrected chi connectivity index (χ1v) is 10.6. The molecule has 1 aliphatic heterocycles. The molecule has 4 rings (SSSR count). The highest BCUT2D eigenvalue weighted by Crippen LogP contribution is 2.40. The predicted octanol–water partition coefficient (Wildman–Crippen LogP) is 5.81.